The smallest absolute Gasteiger partial charge is 0.00737 e. The molecule has 0 N–H and O–H groups in total. The third-order valence-corrected chi connectivity index (χ3v) is 5.98. The summed E-state index contributed by atoms with van der Waals surface area (Å²) >= 11 is 0. The van der Waals surface area contributed by atoms with Gasteiger partial charge in [-0.15, -0.1) is 0 Å². The molecular weight excluding hydrogens is 360 g/mol. The van der Waals surface area contributed by atoms with Gasteiger partial charge in [0.15, 0.2) is 0 Å². The molecule has 5 rings (SSSR count). The molecule has 0 radical (unpaired) electrons. The van der Waals surface area contributed by atoms with Gasteiger partial charge in [0.25, 0.3) is 0 Å². The zero-order chi connectivity index (χ0) is 20.3. The van der Waals surface area contributed by atoms with E-state index in [4.69, 9.17) is 0 Å². The van der Waals surface area contributed by atoms with Crippen molar-refractivity contribution < 1.29 is 0 Å². The lowest BCUT2D eigenvalue weighted by atomic mass is 9.90. The van der Waals surface area contributed by atoms with Gasteiger partial charge in [-0.25, -0.2) is 0 Å². The lowest BCUT2D eigenvalue weighted by Gasteiger charge is -2.14. The van der Waals surface area contributed by atoms with Crippen molar-refractivity contribution in [1.82, 2.24) is 0 Å². The van der Waals surface area contributed by atoms with Gasteiger partial charge in [0.2, 0.25) is 0 Å². The molecule has 1 aliphatic carbocycles. The fourth-order valence-corrected chi connectivity index (χ4v) is 4.49. The van der Waals surface area contributed by atoms with Crippen LogP contribution in [0.2, 0.25) is 0 Å². The maximum atomic E-state index is 2.41. The first-order valence-corrected chi connectivity index (χ1v) is 10.5. The number of hydrogen-bond donors (Lipinski definition) is 0. The minimum atomic E-state index is 0.346. The van der Waals surface area contributed by atoms with Crippen molar-refractivity contribution in [3.8, 4) is 0 Å². The Hall–Kier alpha value is -3.64. The van der Waals surface area contributed by atoms with Crippen LogP contribution in [0.15, 0.2) is 127 Å². The highest BCUT2D eigenvalue weighted by Gasteiger charge is 2.28. The molecule has 1 aliphatic rings. The van der Waals surface area contributed by atoms with E-state index in [2.05, 4.69) is 128 Å². The van der Waals surface area contributed by atoms with Crippen LogP contribution in [-0.4, -0.2) is 0 Å². The number of rotatable bonds is 4. The van der Waals surface area contributed by atoms with Gasteiger partial charge in [-0.05, 0) is 50.6 Å². The molecule has 1 atom stereocenters. The van der Waals surface area contributed by atoms with Gasteiger partial charge in [0.05, 0.1) is 0 Å². The molecule has 0 spiro atoms. The van der Waals surface area contributed by atoms with Crippen LogP contribution in [0.1, 0.15) is 40.7 Å². The predicted molar refractivity (Wildman–Crippen MR) is 127 cm³/mol. The molecule has 0 nitrogen and oxygen atoms in total. The third-order valence-electron chi connectivity index (χ3n) is 5.98. The van der Waals surface area contributed by atoms with E-state index in [1.54, 1.807) is 0 Å². The van der Waals surface area contributed by atoms with Crippen molar-refractivity contribution in [2.75, 3.05) is 0 Å². The Labute approximate surface area is 178 Å². The van der Waals surface area contributed by atoms with E-state index in [1.807, 2.05) is 0 Å². The molecule has 0 heterocycles. The summed E-state index contributed by atoms with van der Waals surface area (Å²) in [7, 11) is 0. The molecule has 0 heteroatoms. The van der Waals surface area contributed by atoms with Crippen molar-refractivity contribution >= 4 is 11.1 Å². The van der Waals surface area contributed by atoms with Crippen LogP contribution in [0.3, 0.4) is 0 Å². The molecule has 4 aromatic carbocycles. The van der Waals surface area contributed by atoms with Crippen LogP contribution < -0.4 is 0 Å². The monoisotopic (exact) mass is 384 g/mol. The standard InChI is InChI=1S/C30H24/c1-22-26-19-11-12-20-27(26)30(25-17-9-4-10-18-25)28(22)21-29(23-13-5-2-6-14-23)24-15-7-3-8-16-24/h2-22H,1H3. The molecule has 4 aromatic rings. The summed E-state index contributed by atoms with van der Waals surface area (Å²) in [4.78, 5) is 0. The van der Waals surface area contributed by atoms with E-state index in [9.17, 15) is 0 Å². The highest BCUT2D eigenvalue weighted by Crippen LogP contribution is 2.46. The van der Waals surface area contributed by atoms with Gasteiger partial charge in [0, 0.05) is 5.92 Å². The molecule has 144 valence electrons. The van der Waals surface area contributed by atoms with Crippen molar-refractivity contribution in [3.05, 3.63) is 155 Å². The second-order valence-electron chi connectivity index (χ2n) is 7.80. The number of fused-ring (bicyclic) bond motifs is 1. The maximum absolute atomic E-state index is 2.41. The van der Waals surface area contributed by atoms with E-state index in [-0.39, 0.29) is 0 Å². The molecule has 0 fully saturated rings. The Morgan fingerprint density at radius 3 is 1.70 bits per heavy atom. The molecule has 1 unspecified atom stereocenters. The van der Waals surface area contributed by atoms with Gasteiger partial charge in [-0.3, -0.25) is 0 Å². The van der Waals surface area contributed by atoms with Crippen molar-refractivity contribution in [2.24, 2.45) is 0 Å². The van der Waals surface area contributed by atoms with Gasteiger partial charge in [-0.2, -0.15) is 0 Å². The van der Waals surface area contributed by atoms with Crippen LogP contribution >= 0.6 is 0 Å². The minimum Gasteiger partial charge on any atom is -0.0622 e. The number of benzene rings is 4. The van der Waals surface area contributed by atoms with Gasteiger partial charge < -0.3 is 0 Å². The third kappa shape index (κ3) is 3.31. The van der Waals surface area contributed by atoms with Gasteiger partial charge in [0.1, 0.15) is 0 Å². The first-order valence-electron chi connectivity index (χ1n) is 10.5. The average molecular weight is 385 g/mol. The largest absolute Gasteiger partial charge is 0.0622 e. The second-order valence-corrected chi connectivity index (χ2v) is 7.80. The van der Waals surface area contributed by atoms with E-state index >= 15 is 0 Å². The Balaban J connectivity index is 1.78. The average Bonchev–Trinajstić information content (AvgIpc) is 3.11. The SMILES string of the molecule is CC1C(C=C(c2ccccc2)c2ccccc2)=C(c2ccccc2)c2ccccc21. The molecular formula is C30H24. The van der Waals surface area contributed by atoms with Gasteiger partial charge in [-0.1, -0.05) is 122 Å². The molecule has 0 amide bonds. The summed E-state index contributed by atoms with van der Waals surface area (Å²) in [6, 6.07) is 41.1. The molecule has 30 heavy (non-hydrogen) atoms. The molecule has 0 aliphatic heterocycles. The Bertz CT molecular complexity index is 1170. The first kappa shape index (κ1) is 18.4. The molecule has 0 saturated heterocycles. The van der Waals surface area contributed by atoms with E-state index in [1.165, 1.54) is 44.5 Å². The zero-order valence-corrected chi connectivity index (χ0v) is 17.1. The quantitative estimate of drug-likeness (QED) is 0.337. The summed E-state index contributed by atoms with van der Waals surface area (Å²) in [6.45, 7) is 2.33. The van der Waals surface area contributed by atoms with Gasteiger partial charge >= 0.3 is 0 Å². The summed E-state index contributed by atoms with van der Waals surface area (Å²) in [5, 5.41) is 0. The lowest BCUT2D eigenvalue weighted by molar-refractivity contribution is 0.947. The van der Waals surface area contributed by atoms with E-state index in [0.717, 1.165) is 0 Å². The maximum Gasteiger partial charge on any atom is 0.00737 e. The highest BCUT2D eigenvalue weighted by atomic mass is 14.3. The number of allylic oxidation sites excluding steroid dienone is 2. The van der Waals surface area contributed by atoms with Crippen LogP contribution in [-0.2, 0) is 0 Å². The predicted octanol–water partition coefficient (Wildman–Crippen LogP) is 7.74. The van der Waals surface area contributed by atoms with Crippen LogP contribution in [0, 0.1) is 0 Å². The summed E-state index contributed by atoms with van der Waals surface area (Å²) in [5.41, 5.74) is 10.5. The normalized spacial score (nSPS) is 15.0. The Kier molecular flexibility index (Phi) is 4.91. The fraction of sp³-hybridized carbons (Fsp3) is 0.0667. The van der Waals surface area contributed by atoms with Crippen molar-refractivity contribution in [2.45, 2.75) is 12.8 Å². The fourth-order valence-electron chi connectivity index (χ4n) is 4.49. The van der Waals surface area contributed by atoms with Crippen LogP contribution in [0.5, 0.6) is 0 Å². The summed E-state index contributed by atoms with van der Waals surface area (Å²) in [6.07, 6.45) is 2.41. The Morgan fingerprint density at radius 1 is 0.600 bits per heavy atom. The Morgan fingerprint density at radius 2 is 1.10 bits per heavy atom. The van der Waals surface area contributed by atoms with Crippen LogP contribution in [0.25, 0.3) is 11.1 Å². The lowest BCUT2D eigenvalue weighted by Crippen LogP contribution is -1.95. The zero-order valence-electron chi connectivity index (χ0n) is 17.1. The summed E-state index contributed by atoms with van der Waals surface area (Å²) < 4.78 is 0. The minimum absolute atomic E-state index is 0.346. The van der Waals surface area contributed by atoms with Crippen LogP contribution in [0.4, 0.5) is 0 Å². The molecule has 0 bridgehead atoms. The molecule has 0 saturated carbocycles. The van der Waals surface area contributed by atoms with E-state index < -0.39 is 0 Å². The van der Waals surface area contributed by atoms with Crippen molar-refractivity contribution in [3.63, 3.8) is 0 Å². The highest BCUT2D eigenvalue weighted by molar-refractivity contribution is 5.93. The second kappa shape index (κ2) is 8.00. The number of hydrogen-bond acceptors (Lipinski definition) is 0. The van der Waals surface area contributed by atoms with E-state index in [0.29, 0.717) is 5.92 Å². The first-order chi connectivity index (χ1) is 14.8. The summed E-state index contributed by atoms with van der Waals surface area (Å²) in [5.74, 6) is 0.346. The van der Waals surface area contributed by atoms with Crippen molar-refractivity contribution in [1.29, 1.82) is 0 Å². The topological polar surface area (TPSA) is 0 Å². The molecule has 0 aromatic heterocycles.